The van der Waals surface area contributed by atoms with Crippen molar-refractivity contribution in [3.8, 4) is 11.8 Å². The van der Waals surface area contributed by atoms with Gasteiger partial charge in [0.1, 0.15) is 17.4 Å². The van der Waals surface area contributed by atoms with E-state index in [4.69, 9.17) is 9.84 Å². The molecule has 2 N–H and O–H groups in total. The van der Waals surface area contributed by atoms with Gasteiger partial charge < -0.3 is 15.2 Å². The van der Waals surface area contributed by atoms with Gasteiger partial charge in [0, 0.05) is 10.2 Å². The van der Waals surface area contributed by atoms with Crippen LogP contribution in [0.3, 0.4) is 0 Å². The predicted octanol–water partition coefficient (Wildman–Crippen LogP) is 4.98. The summed E-state index contributed by atoms with van der Waals surface area (Å²) in [4.78, 5) is 23.0. The van der Waals surface area contributed by atoms with Crippen LogP contribution in [0.25, 0.3) is 6.08 Å². The lowest BCUT2D eigenvalue weighted by atomic mass is 10.1. The number of halogens is 3. The Morgan fingerprint density at radius 2 is 1.74 bits per heavy atom. The highest BCUT2D eigenvalue weighted by atomic mass is 79.9. The van der Waals surface area contributed by atoms with E-state index >= 15 is 0 Å². The van der Waals surface area contributed by atoms with Crippen LogP contribution in [-0.4, -0.2) is 23.6 Å². The first kappa shape index (κ1) is 21.2. The maximum atomic E-state index is 12.3. The number of hydrogen-bond donors (Lipinski definition) is 2. The summed E-state index contributed by atoms with van der Waals surface area (Å²) in [6.45, 7) is -0.495. The quantitative estimate of drug-likeness (QED) is 0.385. The second kappa shape index (κ2) is 9.69. The molecule has 0 fully saturated rings. The van der Waals surface area contributed by atoms with Gasteiger partial charge in [-0.2, -0.15) is 5.26 Å². The minimum absolute atomic E-state index is 0.0871. The fourth-order valence-electron chi connectivity index (χ4n) is 1.98. The molecule has 0 radical (unpaired) electrons. The van der Waals surface area contributed by atoms with Crippen LogP contribution in [0.2, 0.25) is 0 Å². The number of carbonyl (C=O) groups excluding carboxylic acids is 1. The summed E-state index contributed by atoms with van der Waals surface area (Å²) in [6.07, 6.45) is 1.42. The summed E-state index contributed by atoms with van der Waals surface area (Å²) in [6, 6.07) is 12.1. The Kier molecular flexibility index (Phi) is 7.59. The molecule has 0 heterocycles. The number of nitriles is 1. The van der Waals surface area contributed by atoms with E-state index in [9.17, 15) is 14.9 Å². The third-order valence-electron chi connectivity index (χ3n) is 3.14. The molecular weight excluding hydrogens is 548 g/mol. The lowest BCUT2D eigenvalue weighted by Gasteiger charge is -2.10. The normalized spacial score (nSPS) is 10.8. The molecule has 0 atom stereocenters. The summed E-state index contributed by atoms with van der Waals surface area (Å²) < 4.78 is 7.02. The average Bonchev–Trinajstić information content (AvgIpc) is 2.60. The van der Waals surface area contributed by atoms with Crippen LogP contribution in [-0.2, 0) is 9.59 Å². The van der Waals surface area contributed by atoms with Crippen LogP contribution in [0, 0.1) is 11.3 Å². The first-order chi connectivity index (χ1) is 12.8. The lowest BCUT2D eigenvalue weighted by molar-refractivity contribution is -0.139. The predicted molar refractivity (Wildman–Crippen MR) is 111 cm³/mol. The van der Waals surface area contributed by atoms with Gasteiger partial charge in [0.15, 0.2) is 6.61 Å². The number of benzene rings is 2. The zero-order chi connectivity index (χ0) is 20.0. The van der Waals surface area contributed by atoms with E-state index in [-0.39, 0.29) is 5.57 Å². The number of anilines is 1. The van der Waals surface area contributed by atoms with Crippen LogP contribution >= 0.6 is 47.8 Å². The Labute approximate surface area is 180 Å². The topological polar surface area (TPSA) is 99.4 Å². The van der Waals surface area contributed by atoms with Crippen molar-refractivity contribution in [2.24, 2.45) is 0 Å². The summed E-state index contributed by atoms with van der Waals surface area (Å²) in [5.41, 5.74) is 1.03. The molecule has 2 aromatic rings. The molecule has 27 heavy (non-hydrogen) atoms. The van der Waals surface area contributed by atoms with Gasteiger partial charge in [-0.05, 0) is 79.9 Å². The number of carboxylic acids is 1. The third kappa shape index (κ3) is 6.20. The van der Waals surface area contributed by atoms with E-state index < -0.39 is 18.5 Å². The first-order valence-electron chi connectivity index (χ1n) is 7.32. The minimum atomic E-state index is -1.10. The van der Waals surface area contributed by atoms with Crippen LogP contribution in [0.4, 0.5) is 5.69 Å². The summed E-state index contributed by atoms with van der Waals surface area (Å²) >= 11 is 9.89. The van der Waals surface area contributed by atoms with Crippen molar-refractivity contribution in [2.45, 2.75) is 0 Å². The fraction of sp³-hybridized carbons (Fsp3) is 0.0556. The first-order valence-corrected chi connectivity index (χ1v) is 9.70. The Morgan fingerprint density at radius 3 is 2.26 bits per heavy atom. The molecule has 138 valence electrons. The number of rotatable bonds is 6. The molecule has 0 unspecified atom stereocenters. The number of amides is 1. The Balaban J connectivity index is 2.23. The van der Waals surface area contributed by atoms with Gasteiger partial charge in [0.2, 0.25) is 0 Å². The molecule has 0 aliphatic carbocycles. The number of nitrogens with zero attached hydrogens (tertiary/aromatic N) is 1. The highest BCUT2D eigenvalue weighted by molar-refractivity contribution is 9.11. The van der Waals surface area contributed by atoms with E-state index in [1.165, 1.54) is 6.08 Å². The van der Waals surface area contributed by atoms with Crippen molar-refractivity contribution in [3.05, 3.63) is 61.0 Å². The summed E-state index contributed by atoms with van der Waals surface area (Å²) in [5, 5.41) is 20.7. The third-order valence-corrected chi connectivity index (χ3v) is 4.85. The smallest absolute Gasteiger partial charge is 0.341 e. The van der Waals surface area contributed by atoms with Gasteiger partial charge in [0.05, 0.1) is 8.95 Å². The molecule has 0 aliphatic rings. The molecule has 0 spiro atoms. The molecule has 2 rings (SSSR count). The molecule has 6 nitrogen and oxygen atoms in total. The standard InChI is InChI=1S/C18H11Br3N2O4/c19-12-1-3-13(4-2-12)23-18(26)11(8-22)5-10-6-14(20)17(15(21)7-10)27-9-16(24)25/h1-7H,9H2,(H,23,26)(H,24,25)/b11-5-. The average molecular weight is 559 g/mol. The second-order valence-electron chi connectivity index (χ2n) is 5.13. The number of ether oxygens (including phenoxy) is 1. The molecule has 0 aromatic heterocycles. The Morgan fingerprint density at radius 1 is 1.15 bits per heavy atom. The van der Waals surface area contributed by atoms with E-state index in [1.54, 1.807) is 36.4 Å². The second-order valence-corrected chi connectivity index (χ2v) is 7.75. The van der Waals surface area contributed by atoms with Gasteiger partial charge in [-0.3, -0.25) is 4.79 Å². The number of carboxylic acid groups (broad SMARTS) is 1. The molecule has 1 amide bonds. The monoisotopic (exact) mass is 556 g/mol. The lowest BCUT2D eigenvalue weighted by Crippen LogP contribution is -2.13. The van der Waals surface area contributed by atoms with Crippen LogP contribution in [0.1, 0.15) is 5.56 Å². The van der Waals surface area contributed by atoms with E-state index in [1.807, 2.05) is 6.07 Å². The molecule has 0 saturated heterocycles. The Bertz CT molecular complexity index is 927. The summed E-state index contributed by atoms with van der Waals surface area (Å²) in [5.74, 6) is -1.33. The van der Waals surface area contributed by atoms with Gasteiger partial charge in [0.25, 0.3) is 5.91 Å². The van der Waals surface area contributed by atoms with E-state index in [0.29, 0.717) is 25.9 Å². The maximum absolute atomic E-state index is 12.3. The van der Waals surface area contributed by atoms with Gasteiger partial charge in [-0.15, -0.1) is 0 Å². The number of hydrogen-bond acceptors (Lipinski definition) is 4. The van der Waals surface area contributed by atoms with E-state index in [2.05, 4.69) is 53.1 Å². The largest absolute Gasteiger partial charge is 0.480 e. The molecule has 9 heteroatoms. The zero-order valence-corrected chi connectivity index (χ0v) is 18.3. The summed E-state index contributed by atoms with van der Waals surface area (Å²) in [7, 11) is 0. The maximum Gasteiger partial charge on any atom is 0.341 e. The Hall–Kier alpha value is -2.15. The molecular formula is C18H11Br3N2O4. The number of nitrogens with one attached hydrogen (secondary N) is 1. The van der Waals surface area contributed by atoms with Gasteiger partial charge in [-0.25, -0.2) is 4.79 Å². The van der Waals surface area contributed by atoms with Gasteiger partial charge in [-0.1, -0.05) is 15.9 Å². The van der Waals surface area contributed by atoms with Crippen LogP contribution in [0.5, 0.6) is 5.75 Å². The highest BCUT2D eigenvalue weighted by Crippen LogP contribution is 2.35. The zero-order valence-electron chi connectivity index (χ0n) is 13.5. The molecule has 0 aliphatic heterocycles. The molecule has 0 bridgehead atoms. The number of aliphatic carboxylic acids is 1. The van der Waals surface area contributed by atoms with Crippen molar-refractivity contribution in [2.75, 3.05) is 11.9 Å². The van der Waals surface area contributed by atoms with Crippen molar-refractivity contribution in [1.29, 1.82) is 5.26 Å². The van der Waals surface area contributed by atoms with Crippen molar-refractivity contribution < 1.29 is 19.4 Å². The van der Waals surface area contributed by atoms with Crippen molar-refractivity contribution >= 4 is 71.4 Å². The SMILES string of the molecule is N#C/C(=C/c1cc(Br)c(OCC(=O)O)c(Br)c1)C(=O)Nc1ccc(Br)cc1. The van der Waals surface area contributed by atoms with Crippen molar-refractivity contribution in [1.82, 2.24) is 0 Å². The molecule has 0 saturated carbocycles. The highest BCUT2D eigenvalue weighted by Gasteiger charge is 2.13. The van der Waals surface area contributed by atoms with E-state index in [0.717, 1.165) is 4.47 Å². The molecule has 2 aromatic carbocycles. The van der Waals surface area contributed by atoms with Crippen molar-refractivity contribution in [3.63, 3.8) is 0 Å². The number of carbonyl (C=O) groups is 2. The van der Waals surface area contributed by atoms with Crippen LogP contribution < -0.4 is 10.1 Å². The fourth-order valence-corrected chi connectivity index (χ4v) is 3.70. The van der Waals surface area contributed by atoms with Gasteiger partial charge >= 0.3 is 5.97 Å². The minimum Gasteiger partial charge on any atom is -0.480 e. The van der Waals surface area contributed by atoms with Crippen LogP contribution in [0.15, 0.2) is 55.4 Å².